The Bertz CT molecular complexity index is 754. The van der Waals surface area contributed by atoms with E-state index in [9.17, 15) is 9.59 Å². The Labute approximate surface area is 154 Å². The molecule has 0 atom stereocenters. The second-order valence-electron chi connectivity index (χ2n) is 6.50. The van der Waals surface area contributed by atoms with Crippen LogP contribution in [0, 0.1) is 6.92 Å². The summed E-state index contributed by atoms with van der Waals surface area (Å²) in [5, 5.41) is 2.89. The summed E-state index contributed by atoms with van der Waals surface area (Å²) in [7, 11) is 0. The maximum Gasteiger partial charge on any atom is 0.227 e. The molecule has 0 aromatic heterocycles. The maximum absolute atomic E-state index is 11.9. The molecule has 1 fully saturated rings. The number of hydrogen-bond donors (Lipinski definition) is 1. The largest absolute Gasteiger partial charge is 0.493 e. The van der Waals surface area contributed by atoms with E-state index in [1.165, 1.54) is 5.56 Å². The van der Waals surface area contributed by atoms with Crippen LogP contribution in [0.3, 0.4) is 0 Å². The summed E-state index contributed by atoms with van der Waals surface area (Å²) < 4.78 is 5.57. The van der Waals surface area contributed by atoms with Crippen LogP contribution in [-0.2, 0) is 16.1 Å². The van der Waals surface area contributed by atoms with Crippen molar-refractivity contribution in [3.8, 4) is 5.75 Å². The van der Waals surface area contributed by atoms with E-state index in [-0.39, 0.29) is 11.8 Å². The van der Waals surface area contributed by atoms with Crippen LogP contribution in [0.4, 0.5) is 5.69 Å². The van der Waals surface area contributed by atoms with E-state index in [0.29, 0.717) is 26.0 Å². The zero-order valence-corrected chi connectivity index (χ0v) is 15.0. The van der Waals surface area contributed by atoms with Crippen LogP contribution in [0.5, 0.6) is 5.75 Å². The summed E-state index contributed by atoms with van der Waals surface area (Å²) in [5.41, 5.74) is 3.11. The van der Waals surface area contributed by atoms with Gasteiger partial charge in [0.05, 0.1) is 13.0 Å². The zero-order valence-electron chi connectivity index (χ0n) is 15.0. The predicted octanol–water partition coefficient (Wildman–Crippen LogP) is 3.21. The zero-order chi connectivity index (χ0) is 18.4. The van der Waals surface area contributed by atoms with Crippen molar-refractivity contribution in [2.75, 3.05) is 18.1 Å². The van der Waals surface area contributed by atoms with Gasteiger partial charge in [-0.3, -0.25) is 9.59 Å². The number of hydrogen-bond acceptors (Lipinski definition) is 3. The van der Waals surface area contributed by atoms with E-state index in [1.807, 2.05) is 60.4 Å². The second kappa shape index (κ2) is 8.52. The summed E-state index contributed by atoms with van der Waals surface area (Å²) in [5.74, 6) is 0.908. The van der Waals surface area contributed by atoms with Crippen molar-refractivity contribution in [1.82, 2.24) is 5.32 Å². The molecule has 1 aliphatic heterocycles. The summed E-state index contributed by atoms with van der Waals surface area (Å²) in [4.78, 5) is 25.5. The van der Waals surface area contributed by atoms with Crippen LogP contribution in [-0.4, -0.2) is 25.0 Å². The van der Waals surface area contributed by atoms with Crippen LogP contribution < -0.4 is 15.0 Å². The Balaban J connectivity index is 1.40. The minimum atomic E-state index is -0.0455. The third kappa shape index (κ3) is 4.85. The van der Waals surface area contributed by atoms with Gasteiger partial charge in [-0.2, -0.15) is 0 Å². The molecule has 136 valence electrons. The van der Waals surface area contributed by atoms with Gasteiger partial charge in [0.2, 0.25) is 11.8 Å². The van der Waals surface area contributed by atoms with Gasteiger partial charge in [-0.1, -0.05) is 29.8 Å². The molecule has 0 saturated carbocycles. The highest BCUT2D eigenvalue weighted by molar-refractivity contribution is 5.95. The average Bonchev–Trinajstić information content (AvgIpc) is 3.08. The van der Waals surface area contributed by atoms with Gasteiger partial charge in [-0.05, 0) is 43.2 Å². The highest BCUT2D eigenvalue weighted by Crippen LogP contribution is 2.21. The Kier molecular flexibility index (Phi) is 5.89. The standard InChI is InChI=1S/C21H24N2O3/c1-16-4-10-19(11-5-16)26-14-12-20(24)22-15-17-6-8-18(9-7-17)23-13-2-3-21(23)25/h4-11H,2-3,12-15H2,1H3,(H,22,24). The Morgan fingerprint density at radius 3 is 2.50 bits per heavy atom. The number of nitrogens with zero attached hydrogens (tertiary/aromatic N) is 1. The molecule has 5 nitrogen and oxygen atoms in total. The fourth-order valence-corrected chi connectivity index (χ4v) is 2.90. The van der Waals surface area contributed by atoms with Crippen LogP contribution in [0.1, 0.15) is 30.4 Å². The minimum Gasteiger partial charge on any atom is -0.493 e. The molecule has 3 rings (SSSR count). The minimum absolute atomic E-state index is 0.0455. The number of aryl methyl sites for hydroxylation is 1. The van der Waals surface area contributed by atoms with Gasteiger partial charge in [-0.15, -0.1) is 0 Å². The van der Waals surface area contributed by atoms with Crippen LogP contribution in [0.2, 0.25) is 0 Å². The number of anilines is 1. The Morgan fingerprint density at radius 1 is 1.12 bits per heavy atom. The van der Waals surface area contributed by atoms with E-state index in [0.717, 1.165) is 30.0 Å². The molecule has 0 aliphatic carbocycles. The van der Waals surface area contributed by atoms with Crippen molar-refractivity contribution in [2.24, 2.45) is 0 Å². The lowest BCUT2D eigenvalue weighted by atomic mass is 10.2. The molecular weight excluding hydrogens is 328 g/mol. The smallest absolute Gasteiger partial charge is 0.227 e. The van der Waals surface area contributed by atoms with Crippen molar-refractivity contribution < 1.29 is 14.3 Å². The van der Waals surface area contributed by atoms with Crippen molar-refractivity contribution in [1.29, 1.82) is 0 Å². The van der Waals surface area contributed by atoms with E-state index in [4.69, 9.17) is 4.74 Å². The lowest BCUT2D eigenvalue weighted by molar-refractivity contribution is -0.121. The number of carbonyl (C=O) groups is 2. The van der Waals surface area contributed by atoms with Gasteiger partial charge in [0, 0.05) is 25.2 Å². The lowest BCUT2D eigenvalue weighted by Gasteiger charge is -2.16. The summed E-state index contributed by atoms with van der Waals surface area (Å²) in [6.45, 7) is 3.63. The lowest BCUT2D eigenvalue weighted by Crippen LogP contribution is -2.25. The highest BCUT2D eigenvalue weighted by atomic mass is 16.5. The summed E-state index contributed by atoms with van der Waals surface area (Å²) >= 11 is 0. The molecule has 2 aromatic carbocycles. The summed E-state index contributed by atoms with van der Waals surface area (Å²) in [6, 6.07) is 15.5. The first-order valence-corrected chi connectivity index (χ1v) is 8.97. The molecule has 1 aliphatic rings. The maximum atomic E-state index is 11.9. The SMILES string of the molecule is Cc1ccc(OCCC(=O)NCc2ccc(N3CCCC3=O)cc2)cc1. The molecule has 2 amide bonds. The first-order valence-electron chi connectivity index (χ1n) is 8.97. The fraction of sp³-hybridized carbons (Fsp3) is 0.333. The summed E-state index contributed by atoms with van der Waals surface area (Å²) in [6.07, 6.45) is 1.86. The van der Waals surface area contributed by atoms with Gasteiger partial charge >= 0.3 is 0 Å². The molecule has 1 heterocycles. The third-order valence-corrected chi connectivity index (χ3v) is 4.43. The van der Waals surface area contributed by atoms with E-state index >= 15 is 0 Å². The first kappa shape index (κ1) is 18.0. The van der Waals surface area contributed by atoms with E-state index in [2.05, 4.69) is 5.32 Å². The Hall–Kier alpha value is -2.82. The molecule has 0 bridgehead atoms. The van der Waals surface area contributed by atoms with Gasteiger partial charge in [-0.25, -0.2) is 0 Å². The van der Waals surface area contributed by atoms with E-state index < -0.39 is 0 Å². The van der Waals surface area contributed by atoms with Crippen LogP contribution >= 0.6 is 0 Å². The average molecular weight is 352 g/mol. The molecule has 1 N–H and O–H groups in total. The molecule has 0 unspecified atom stereocenters. The monoisotopic (exact) mass is 352 g/mol. The van der Waals surface area contributed by atoms with Crippen molar-refractivity contribution in [3.05, 3.63) is 59.7 Å². The van der Waals surface area contributed by atoms with Crippen molar-refractivity contribution in [2.45, 2.75) is 32.7 Å². The normalized spacial score (nSPS) is 13.7. The number of amides is 2. The molecule has 0 spiro atoms. The molecular formula is C21H24N2O3. The number of ether oxygens (including phenoxy) is 1. The number of nitrogens with one attached hydrogen (secondary N) is 1. The van der Waals surface area contributed by atoms with Crippen LogP contribution in [0.15, 0.2) is 48.5 Å². The van der Waals surface area contributed by atoms with Gasteiger partial charge in [0.1, 0.15) is 5.75 Å². The molecule has 0 radical (unpaired) electrons. The number of rotatable bonds is 7. The van der Waals surface area contributed by atoms with Gasteiger partial charge in [0.15, 0.2) is 0 Å². The highest BCUT2D eigenvalue weighted by Gasteiger charge is 2.21. The van der Waals surface area contributed by atoms with Crippen LogP contribution in [0.25, 0.3) is 0 Å². The van der Waals surface area contributed by atoms with Gasteiger partial charge in [0.25, 0.3) is 0 Å². The molecule has 5 heteroatoms. The van der Waals surface area contributed by atoms with E-state index in [1.54, 1.807) is 0 Å². The second-order valence-corrected chi connectivity index (χ2v) is 6.50. The topological polar surface area (TPSA) is 58.6 Å². The van der Waals surface area contributed by atoms with Crippen molar-refractivity contribution in [3.63, 3.8) is 0 Å². The Morgan fingerprint density at radius 2 is 1.85 bits per heavy atom. The number of benzene rings is 2. The predicted molar refractivity (Wildman–Crippen MR) is 101 cm³/mol. The molecule has 1 saturated heterocycles. The van der Waals surface area contributed by atoms with Crippen molar-refractivity contribution >= 4 is 17.5 Å². The quantitative estimate of drug-likeness (QED) is 0.832. The third-order valence-electron chi connectivity index (χ3n) is 4.43. The molecule has 26 heavy (non-hydrogen) atoms. The van der Waals surface area contributed by atoms with Gasteiger partial charge < -0.3 is 15.0 Å². The fourth-order valence-electron chi connectivity index (χ4n) is 2.90. The first-order chi connectivity index (χ1) is 12.6. The molecule has 2 aromatic rings. The number of carbonyl (C=O) groups excluding carboxylic acids is 2.